The third-order valence-electron chi connectivity index (χ3n) is 3.88. The Labute approximate surface area is 122 Å². The first-order valence-corrected chi connectivity index (χ1v) is 8.51. The maximum absolute atomic E-state index is 12.3. The molecule has 0 aliphatic rings. The Kier molecular flexibility index (Phi) is 5.74. The van der Waals surface area contributed by atoms with E-state index >= 15 is 0 Å². The van der Waals surface area contributed by atoms with Crippen molar-refractivity contribution in [1.82, 2.24) is 4.72 Å². The molecule has 20 heavy (non-hydrogen) atoms. The molecule has 4 nitrogen and oxygen atoms in total. The highest BCUT2D eigenvalue weighted by Gasteiger charge is 2.28. The summed E-state index contributed by atoms with van der Waals surface area (Å²) in [5, 5.41) is 9.32. The van der Waals surface area contributed by atoms with Crippen LogP contribution in [0.5, 0.6) is 0 Å². The van der Waals surface area contributed by atoms with E-state index in [2.05, 4.69) is 18.6 Å². The monoisotopic (exact) mass is 299 g/mol. The third kappa shape index (κ3) is 4.04. The number of sulfonamides is 1. The van der Waals surface area contributed by atoms with Gasteiger partial charge in [0, 0.05) is 0 Å². The van der Waals surface area contributed by atoms with Crippen LogP contribution in [0.15, 0.2) is 29.2 Å². The molecule has 2 atom stereocenters. The molecular formula is C15H25NO3S. The summed E-state index contributed by atoms with van der Waals surface area (Å²) in [4.78, 5) is 0.234. The number of rotatable bonds is 7. The van der Waals surface area contributed by atoms with Gasteiger partial charge in [-0.3, -0.25) is 0 Å². The largest absolute Gasteiger partial charge is 0.394 e. The summed E-state index contributed by atoms with van der Waals surface area (Å²) in [6.07, 6.45) is 1.54. The van der Waals surface area contributed by atoms with E-state index in [-0.39, 0.29) is 11.5 Å². The number of aliphatic hydroxyl groups is 1. The van der Waals surface area contributed by atoms with E-state index in [4.69, 9.17) is 0 Å². The maximum atomic E-state index is 12.3. The van der Waals surface area contributed by atoms with Crippen molar-refractivity contribution in [3.8, 4) is 0 Å². The van der Waals surface area contributed by atoms with Crippen molar-refractivity contribution in [2.45, 2.75) is 56.9 Å². The smallest absolute Gasteiger partial charge is 0.241 e. The maximum Gasteiger partial charge on any atom is 0.241 e. The summed E-state index contributed by atoms with van der Waals surface area (Å²) < 4.78 is 27.2. The minimum atomic E-state index is -3.60. The average Bonchev–Trinajstić information content (AvgIpc) is 2.46. The molecule has 0 heterocycles. The molecule has 2 unspecified atom stereocenters. The normalized spacial score (nSPS) is 16.6. The highest BCUT2D eigenvalue weighted by molar-refractivity contribution is 7.89. The van der Waals surface area contributed by atoms with Crippen molar-refractivity contribution < 1.29 is 13.5 Å². The molecule has 0 aromatic heterocycles. The highest BCUT2D eigenvalue weighted by atomic mass is 32.2. The van der Waals surface area contributed by atoms with E-state index in [1.54, 1.807) is 19.1 Å². The Hall–Kier alpha value is -0.910. The molecule has 0 saturated heterocycles. The van der Waals surface area contributed by atoms with Crippen LogP contribution in [0.1, 0.15) is 52.0 Å². The Bertz CT molecular complexity index is 519. The lowest BCUT2D eigenvalue weighted by molar-refractivity contribution is 0.191. The Morgan fingerprint density at radius 3 is 2.20 bits per heavy atom. The summed E-state index contributed by atoms with van der Waals surface area (Å²) in [5.74, 6) is 0.415. The number of benzene rings is 1. The molecule has 2 N–H and O–H groups in total. The van der Waals surface area contributed by atoms with E-state index in [1.807, 2.05) is 19.1 Å². The van der Waals surface area contributed by atoms with E-state index in [1.165, 1.54) is 0 Å². The number of aliphatic hydroxyl groups excluding tert-OH is 1. The Balaban J connectivity index is 2.99. The van der Waals surface area contributed by atoms with Crippen LogP contribution >= 0.6 is 0 Å². The van der Waals surface area contributed by atoms with E-state index in [9.17, 15) is 13.5 Å². The van der Waals surface area contributed by atoms with Gasteiger partial charge in [0.15, 0.2) is 0 Å². The van der Waals surface area contributed by atoms with Crippen LogP contribution in [0, 0.1) is 0 Å². The second kappa shape index (κ2) is 6.70. The van der Waals surface area contributed by atoms with Gasteiger partial charge in [0.25, 0.3) is 0 Å². The van der Waals surface area contributed by atoms with Crippen molar-refractivity contribution >= 4 is 10.0 Å². The van der Waals surface area contributed by atoms with Crippen molar-refractivity contribution in [2.24, 2.45) is 0 Å². The fraction of sp³-hybridized carbons (Fsp3) is 0.600. The summed E-state index contributed by atoms with van der Waals surface area (Å²) in [6.45, 7) is 7.52. The zero-order valence-electron chi connectivity index (χ0n) is 12.7. The van der Waals surface area contributed by atoms with Crippen molar-refractivity contribution in [1.29, 1.82) is 0 Å². The fourth-order valence-corrected chi connectivity index (χ4v) is 3.28. The minimum absolute atomic E-state index is 0.228. The topological polar surface area (TPSA) is 66.4 Å². The first-order chi connectivity index (χ1) is 9.28. The van der Waals surface area contributed by atoms with Gasteiger partial charge in [-0.05, 0) is 43.4 Å². The van der Waals surface area contributed by atoms with Gasteiger partial charge >= 0.3 is 0 Å². The van der Waals surface area contributed by atoms with Crippen LogP contribution in [0.3, 0.4) is 0 Å². The molecule has 1 aromatic carbocycles. The molecule has 0 bridgehead atoms. The molecule has 1 rings (SSSR count). The molecular weight excluding hydrogens is 274 g/mol. The van der Waals surface area contributed by atoms with E-state index in [0.29, 0.717) is 12.3 Å². The predicted molar refractivity (Wildman–Crippen MR) is 81.3 cm³/mol. The molecule has 5 heteroatoms. The summed E-state index contributed by atoms with van der Waals surface area (Å²) in [7, 11) is -3.60. The predicted octanol–water partition coefficient (Wildman–Crippen LogP) is 2.64. The van der Waals surface area contributed by atoms with Gasteiger partial charge in [0.05, 0.1) is 17.0 Å². The lowest BCUT2D eigenvalue weighted by Crippen LogP contribution is -2.48. The summed E-state index contributed by atoms with van der Waals surface area (Å²) in [5.41, 5.74) is 0.306. The van der Waals surface area contributed by atoms with Crippen molar-refractivity contribution in [3.63, 3.8) is 0 Å². The van der Waals surface area contributed by atoms with Gasteiger partial charge in [-0.1, -0.05) is 32.9 Å². The zero-order chi connectivity index (χ0) is 15.4. The molecule has 0 aliphatic carbocycles. The van der Waals surface area contributed by atoms with E-state index in [0.717, 1.165) is 12.0 Å². The lowest BCUT2D eigenvalue weighted by Gasteiger charge is -2.26. The standard InChI is InChI=1S/C15H25NO3S/c1-5-12(3)13-7-9-14(10-8-13)20(18,19)16-15(4,6-2)11-17/h7-10,12,16-17H,5-6,11H2,1-4H3. The van der Waals surface area contributed by atoms with Crippen LogP contribution in [0.25, 0.3) is 0 Å². The summed E-state index contributed by atoms with van der Waals surface area (Å²) >= 11 is 0. The number of nitrogens with one attached hydrogen (secondary N) is 1. The number of hydrogen-bond donors (Lipinski definition) is 2. The summed E-state index contributed by atoms with van der Waals surface area (Å²) in [6, 6.07) is 6.95. The number of hydrogen-bond acceptors (Lipinski definition) is 3. The van der Waals surface area contributed by atoms with Crippen LogP contribution in [-0.4, -0.2) is 25.7 Å². The van der Waals surface area contributed by atoms with Crippen molar-refractivity contribution in [3.05, 3.63) is 29.8 Å². The molecule has 0 spiro atoms. The molecule has 0 radical (unpaired) electrons. The van der Waals surface area contributed by atoms with Crippen molar-refractivity contribution in [2.75, 3.05) is 6.61 Å². The SMILES string of the molecule is CCC(C)c1ccc(S(=O)(=O)NC(C)(CC)CO)cc1. The average molecular weight is 299 g/mol. The van der Waals surface area contributed by atoms with Gasteiger partial charge in [-0.25, -0.2) is 13.1 Å². The molecule has 1 aromatic rings. The van der Waals surface area contributed by atoms with Gasteiger partial charge in [-0.2, -0.15) is 0 Å². The molecule has 0 saturated carbocycles. The zero-order valence-corrected chi connectivity index (χ0v) is 13.5. The Morgan fingerprint density at radius 2 is 1.80 bits per heavy atom. The fourth-order valence-electron chi connectivity index (χ4n) is 1.81. The van der Waals surface area contributed by atoms with Gasteiger partial charge < -0.3 is 5.11 Å². The first kappa shape index (κ1) is 17.1. The molecule has 0 amide bonds. The second-order valence-electron chi connectivity index (χ2n) is 5.56. The first-order valence-electron chi connectivity index (χ1n) is 7.02. The van der Waals surface area contributed by atoms with Gasteiger partial charge in [0.1, 0.15) is 0 Å². The highest BCUT2D eigenvalue weighted by Crippen LogP contribution is 2.21. The second-order valence-corrected chi connectivity index (χ2v) is 7.24. The van der Waals surface area contributed by atoms with Gasteiger partial charge in [0.2, 0.25) is 10.0 Å². The lowest BCUT2D eigenvalue weighted by atomic mass is 9.99. The minimum Gasteiger partial charge on any atom is -0.394 e. The Morgan fingerprint density at radius 1 is 1.25 bits per heavy atom. The van der Waals surface area contributed by atoms with Crippen LogP contribution in [0.2, 0.25) is 0 Å². The van der Waals surface area contributed by atoms with Crippen LogP contribution < -0.4 is 4.72 Å². The van der Waals surface area contributed by atoms with Crippen LogP contribution in [-0.2, 0) is 10.0 Å². The van der Waals surface area contributed by atoms with E-state index < -0.39 is 15.6 Å². The van der Waals surface area contributed by atoms with Crippen LogP contribution in [0.4, 0.5) is 0 Å². The molecule has 114 valence electrons. The third-order valence-corrected chi connectivity index (χ3v) is 5.54. The quantitative estimate of drug-likeness (QED) is 0.813. The molecule has 0 fully saturated rings. The molecule has 0 aliphatic heterocycles. The van der Waals surface area contributed by atoms with Gasteiger partial charge in [-0.15, -0.1) is 0 Å².